The molecular weight excluding hydrogens is 428 g/mol. The third kappa shape index (κ3) is 4.29. The van der Waals surface area contributed by atoms with E-state index in [2.05, 4.69) is 18.0 Å². The van der Waals surface area contributed by atoms with Crippen LogP contribution in [-0.4, -0.2) is 20.7 Å². The van der Waals surface area contributed by atoms with E-state index in [1.165, 1.54) is 16.6 Å². The second-order valence-electron chi connectivity index (χ2n) is 7.43. The maximum Gasteiger partial charge on any atom is 0.263 e. The number of thiophene rings is 1. The summed E-state index contributed by atoms with van der Waals surface area (Å²) in [5.74, 6) is -0.195. The first-order valence-electron chi connectivity index (χ1n) is 10.2. The number of carbonyl (C=O) groups is 1. The Hall–Kier alpha value is -2.89. The molecule has 6 nitrogen and oxygen atoms in total. The van der Waals surface area contributed by atoms with Gasteiger partial charge >= 0.3 is 0 Å². The van der Waals surface area contributed by atoms with E-state index in [9.17, 15) is 9.59 Å². The maximum absolute atomic E-state index is 13.3. The van der Waals surface area contributed by atoms with E-state index in [1.54, 1.807) is 53.2 Å². The van der Waals surface area contributed by atoms with Crippen LogP contribution in [0.5, 0.6) is 0 Å². The number of allylic oxidation sites excluding steroid dienone is 1. The smallest absolute Gasteiger partial charge is 0.263 e. The number of anilines is 1. The lowest BCUT2D eigenvalue weighted by Crippen LogP contribution is -2.27. The van der Waals surface area contributed by atoms with Gasteiger partial charge in [0.2, 0.25) is 5.91 Å². The van der Waals surface area contributed by atoms with Gasteiger partial charge in [0.25, 0.3) is 5.56 Å². The van der Waals surface area contributed by atoms with E-state index in [-0.39, 0.29) is 11.5 Å². The second-order valence-corrected chi connectivity index (χ2v) is 9.82. The molecule has 0 radical (unpaired) electrons. The lowest BCUT2D eigenvalue weighted by Gasteiger charge is -2.15. The van der Waals surface area contributed by atoms with Crippen LogP contribution in [0.25, 0.3) is 10.2 Å². The maximum atomic E-state index is 13.3. The van der Waals surface area contributed by atoms with Crippen LogP contribution in [0, 0.1) is 11.3 Å². The summed E-state index contributed by atoms with van der Waals surface area (Å²) in [6.07, 6.45) is 5.86. The summed E-state index contributed by atoms with van der Waals surface area (Å²) in [6, 6.07) is 8.76. The van der Waals surface area contributed by atoms with E-state index < -0.39 is 5.25 Å². The molecule has 3 aromatic rings. The van der Waals surface area contributed by atoms with Gasteiger partial charge in [-0.3, -0.25) is 14.2 Å². The number of nitrogens with one attached hydrogen (secondary N) is 1. The number of aromatic nitrogens is 2. The molecule has 2 aromatic heterocycles. The van der Waals surface area contributed by atoms with Gasteiger partial charge in [-0.05, 0) is 62.4 Å². The summed E-state index contributed by atoms with van der Waals surface area (Å²) in [4.78, 5) is 32.9. The fourth-order valence-electron chi connectivity index (χ4n) is 3.68. The molecule has 0 saturated heterocycles. The van der Waals surface area contributed by atoms with Gasteiger partial charge in [0.05, 0.1) is 22.3 Å². The molecule has 1 atom stereocenters. The Labute approximate surface area is 188 Å². The van der Waals surface area contributed by atoms with Crippen molar-refractivity contribution in [3.63, 3.8) is 0 Å². The Bertz CT molecular complexity index is 1250. The van der Waals surface area contributed by atoms with E-state index in [0.717, 1.165) is 41.5 Å². The largest absolute Gasteiger partial charge is 0.325 e. The van der Waals surface area contributed by atoms with Crippen LogP contribution in [0.15, 0.2) is 46.9 Å². The van der Waals surface area contributed by atoms with Crippen LogP contribution in [0.1, 0.15) is 35.8 Å². The first-order valence-corrected chi connectivity index (χ1v) is 11.8. The number of benzene rings is 1. The number of hydrogen-bond donors (Lipinski definition) is 1. The first kappa shape index (κ1) is 21.3. The monoisotopic (exact) mass is 450 g/mol. The standard InChI is InChI=1S/C23H22N4O2S2/c1-3-12-27-22(29)19-17-6-4-5-7-18(17)31-21(19)26-23(27)30-14(2)20(28)25-16-10-8-15(13-24)9-11-16/h3,8-11,14H,1,4-7,12H2,2H3,(H,25,28). The summed E-state index contributed by atoms with van der Waals surface area (Å²) < 4.78 is 1.62. The minimum Gasteiger partial charge on any atom is -0.325 e. The van der Waals surface area contributed by atoms with Crippen molar-refractivity contribution in [1.82, 2.24) is 9.55 Å². The van der Waals surface area contributed by atoms with Crippen molar-refractivity contribution in [2.45, 2.75) is 49.6 Å². The molecule has 1 unspecified atom stereocenters. The molecule has 158 valence electrons. The van der Waals surface area contributed by atoms with Gasteiger partial charge in [-0.25, -0.2) is 4.98 Å². The van der Waals surface area contributed by atoms with Gasteiger partial charge < -0.3 is 5.32 Å². The minimum atomic E-state index is -0.467. The van der Waals surface area contributed by atoms with Crippen LogP contribution >= 0.6 is 23.1 Å². The topological polar surface area (TPSA) is 87.8 Å². The fraction of sp³-hybridized carbons (Fsp3) is 0.304. The Kier molecular flexibility index (Phi) is 6.25. The van der Waals surface area contributed by atoms with Gasteiger partial charge in [-0.2, -0.15) is 5.26 Å². The summed E-state index contributed by atoms with van der Waals surface area (Å²) in [7, 11) is 0. The SMILES string of the molecule is C=CCn1c(SC(C)C(=O)Nc2ccc(C#N)cc2)nc2sc3c(c2c1=O)CCCC3. The van der Waals surface area contributed by atoms with E-state index in [4.69, 9.17) is 10.2 Å². The number of rotatable bonds is 6. The molecule has 0 spiro atoms. The molecule has 1 N–H and O–H groups in total. The van der Waals surface area contributed by atoms with E-state index >= 15 is 0 Å². The van der Waals surface area contributed by atoms with Gasteiger partial charge in [0, 0.05) is 17.1 Å². The van der Waals surface area contributed by atoms with Crippen LogP contribution in [0.4, 0.5) is 5.69 Å². The zero-order chi connectivity index (χ0) is 22.0. The quantitative estimate of drug-likeness (QED) is 0.339. The van der Waals surface area contributed by atoms with Gasteiger partial charge in [-0.1, -0.05) is 17.8 Å². The predicted octanol–water partition coefficient (Wildman–Crippen LogP) is 4.51. The van der Waals surface area contributed by atoms with Crippen LogP contribution < -0.4 is 10.9 Å². The normalized spacial score (nSPS) is 13.9. The highest BCUT2D eigenvalue weighted by atomic mass is 32.2. The zero-order valence-electron chi connectivity index (χ0n) is 17.2. The third-order valence-electron chi connectivity index (χ3n) is 5.28. The van der Waals surface area contributed by atoms with E-state index in [0.29, 0.717) is 23.0 Å². The van der Waals surface area contributed by atoms with Crippen molar-refractivity contribution >= 4 is 44.9 Å². The Morgan fingerprint density at radius 2 is 2.13 bits per heavy atom. The molecule has 1 aromatic carbocycles. The fourth-order valence-corrected chi connectivity index (χ4v) is 5.90. The molecule has 0 aliphatic heterocycles. The van der Waals surface area contributed by atoms with Gasteiger partial charge in [0.1, 0.15) is 4.83 Å². The van der Waals surface area contributed by atoms with Crippen LogP contribution in [0.3, 0.4) is 0 Å². The van der Waals surface area contributed by atoms with Crippen molar-refractivity contribution in [2.24, 2.45) is 0 Å². The van der Waals surface area contributed by atoms with Crippen molar-refractivity contribution < 1.29 is 4.79 Å². The molecule has 0 bridgehead atoms. The Morgan fingerprint density at radius 3 is 2.84 bits per heavy atom. The third-order valence-corrected chi connectivity index (χ3v) is 7.56. The van der Waals surface area contributed by atoms with E-state index in [1.807, 2.05) is 0 Å². The number of nitrogens with zero attached hydrogens (tertiary/aromatic N) is 3. The Balaban J connectivity index is 1.62. The molecular formula is C23H22N4O2S2. The number of aryl methyl sites for hydroxylation is 2. The molecule has 1 aliphatic carbocycles. The number of amides is 1. The van der Waals surface area contributed by atoms with Gasteiger partial charge in [0.15, 0.2) is 5.16 Å². The number of fused-ring (bicyclic) bond motifs is 3. The lowest BCUT2D eigenvalue weighted by atomic mass is 9.97. The molecule has 0 saturated carbocycles. The summed E-state index contributed by atoms with van der Waals surface area (Å²) >= 11 is 2.87. The highest BCUT2D eigenvalue weighted by Gasteiger charge is 2.24. The average Bonchev–Trinajstić information content (AvgIpc) is 3.15. The van der Waals surface area contributed by atoms with Crippen molar-refractivity contribution in [3.8, 4) is 6.07 Å². The van der Waals surface area contributed by atoms with Crippen molar-refractivity contribution in [2.75, 3.05) is 5.32 Å². The first-order chi connectivity index (χ1) is 15.0. The summed E-state index contributed by atoms with van der Waals surface area (Å²) in [6.45, 7) is 5.92. The van der Waals surface area contributed by atoms with Crippen LogP contribution in [-0.2, 0) is 24.2 Å². The summed E-state index contributed by atoms with van der Waals surface area (Å²) in [5.41, 5.74) is 2.26. The number of thioether (sulfide) groups is 1. The van der Waals surface area contributed by atoms with Crippen molar-refractivity contribution in [1.29, 1.82) is 5.26 Å². The summed E-state index contributed by atoms with van der Waals surface area (Å²) in [5, 5.41) is 12.6. The number of nitriles is 1. The number of hydrogen-bond acceptors (Lipinski definition) is 6. The molecule has 2 heterocycles. The second kappa shape index (κ2) is 9.08. The zero-order valence-corrected chi connectivity index (χ0v) is 18.8. The molecule has 4 rings (SSSR count). The van der Waals surface area contributed by atoms with Gasteiger partial charge in [-0.15, -0.1) is 17.9 Å². The Morgan fingerprint density at radius 1 is 1.39 bits per heavy atom. The lowest BCUT2D eigenvalue weighted by molar-refractivity contribution is -0.115. The van der Waals surface area contributed by atoms with Crippen molar-refractivity contribution in [3.05, 3.63) is 63.3 Å². The molecule has 1 aliphatic rings. The molecule has 0 fully saturated rings. The average molecular weight is 451 g/mol. The predicted molar refractivity (Wildman–Crippen MR) is 126 cm³/mol. The highest BCUT2D eigenvalue weighted by molar-refractivity contribution is 8.00. The highest BCUT2D eigenvalue weighted by Crippen LogP contribution is 2.35. The molecule has 8 heteroatoms. The number of carbonyl (C=O) groups excluding carboxylic acids is 1. The molecule has 1 amide bonds. The molecule has 31 heavy (non-hydrogen) atoms. The minimum absolute atomic E-state index is 0.0495. The van der Waals surface area contributed by atoms with Crippen LogP contribution in [0.2, 0.25) is 0 Å².